The van der Waals surface area contributed by atoms with E-state index in [1.54, 1.807) is 11.0 Å². The first-order chi connectivity index (χ1) is 12.9. The second kappa shape index (κ2) is 8.06. The Bertz CT molecular complexity index is 857. The normalized spacial score (nSPS) is 17.9. The van der Waals surface area contributed by atoms with Crippen LogP contribution >= 0.6 is 11.6 Å². The average Bonchev–Trinajstić information content (AvgIpc) is 3.04. The molecule has 2 aromatic rings. The van der Waals surface area contributed by atoms with Crippen molar-refractivity contribution in [2.45, 2.75) is 19.4 Å². The Morgan fingerprint density at radius 1 is 1.33 bits per heavy atom. The lowest BCUT2D eigenvalue weighted by atomic mass is 10.0. The van der Waals surface area contributed by atoms with Crippen LogP contribution in [0.25, 0.3) is 0 Å². The number of anilines is 1. The van der Waals surface area contributed by atoms with Gasteiger partial charge in [-0.3, -0.25) is 9.59 Å². The van der Waals surface area contributed by atoms with E-state index in [0.29, 0.717) is 5.56 Å². The van der Waals surface area contributed by atoms with Gasteiger partial charge in [-0.15, -0.1) is 0 Å². The molecule has 7 heteroatoms. The van der Waals surface area contributed by atoms with Crippen molar-refractivity contribution in [1.29, 1.82) is 0 Å². The molecular formula is C20H20ClFN2O3. The molecule has 2 N–H and O–H groups in total. The molecule has 27 heavy (non-hydrogen) atoms. The third kappa shape index (κ3) is 4.28. The first kappa shape index (κ1) is 19.3. The number of halogens is 2. The highest BCUT2D eigenvalue weighted by atomic mass is 35.5. The first-order valence-electron chi connectivity index (χ1n) is 8.62. The van der Waals surface area contributed by atoms with Gasteiger partial charge < -0.3 is 15.3 Å². The summed E-state index contributed by atoms with van der Waals surface area (Å²) in [6.07, 6.45) is 0.0901. The second-order valence-electron chi connectivity index (χ2n) is 6.66. The summed E-state index contributed by atoms with van der Waals surface area (Å²) in [5, 5.41) is 12.3. The van der Waals surface area contributed by atoms with E-state index in [1.807, 2.05) is 31.2 Å². The lowest BCUT2D eigenvalue weighted by molar-refractivity contribution is -0.127. The Labute approximate surface area is 161 Å². The van der Waals surface area contributed by atoms with E-state index in [9.17, 15) is 19.1 Å². The van der Waals surface area contributed by atoms with Gasteiger partial charge in [0.25, 0.3) is 0 Å². The molecule has 0 aromatic heterocycles. The van der Waals surface area contributed by atoms with Crippen LogP contribution in [0.5, 0.6) is 0 Å². The number of aliphatic hydroxyl groups excluding tert-OH is 1. The number of carbonyl (C=O) groups excluding carboxylic acids is 2. The molecule has 0 saturated carbocycles. The summed E-state index contributed by atoms with van der Waals surface area (Å²) in [6.45, 7) is 1.83. The van der Waals surface area contributed by atoms with Crippen LogP contribution in [-0.2, 0) is 9.59 Å². The van der Waals surface area contributed by atoms with E-state index in [1.165, 1.54) is 12.1 Å². The predicted octanol–water partition coefficient (Wildman–Crippen LogP) is 2.99. The van der Waals surface area contributed by atoms with Gasteiger partial charge in [-0.1, -0.05) is 35.4 Å². The first-order valence-corrected chi connectivity index (χ1v) is 9.00. The highest BCUT2D eigenvalue weighted by Crippen LogP contribution is 2.26. The fourth-order valence-electron chi connectivity index (χ4n) is 3.11. The van der Waals surface area contributed by atoms with E-state index in [4.69, 9.17) is 11.6 Å². The van der Waals surface area contributed by atoms with E-state index in [2.05, 4.69) is 5.32 Å². The van der Waals surface area contributed by atoms with Crippen LogP contribution in [0.4, 0.5) is 10.1 Å². The van der Waals surface area contributed by atoms with Crippen LogP contribution in [0.15, 0.2) is 42.5 Å². The number of nitrogens with one attached hydrogen (secondary N) is 1. The quantitative estimate of drug-likeness (QED) is 0.824. The molecule has 0 unspecified atom stereocenters. The maximum Gasteiger partial charge on any atom is 0.227 e. The van der Waals surface area contributed by atoms with Gasteiger partial charge in [0.05, 0.1) is 23.6 Å². The summed E-state index contributed by atoms with van der Waals surface area (Å²) in [5.41, 5.74) is 2.24. The predicted molar refractivity (Wildman–Crippen MR) is 101 cm³/mol. The van der Waals surface area contributed by atoms with Crippen molar-refractivity contribution in [3.8, 4) is 0 Å². The molecule has 1 aliphatic heterocycles. The molecule has 142 valence electrons. The van der Waals surface area contributed by atoms with Gasteiger partial charge in [0, 0.05) is 18.7 Å². The van der Waals surface area contributed by atoms with Crippen LogP contribution in [0.1, 0.15) is 23.6 Å². The number of aryl methyl sites for hydroxylation is 1. The molecule has 1 aliphatic rings. The lowest BCUT2D eigenvalue weighted by Gasteiger charge is -2.20. The number of amides is 2. The van der Waals surface area contributed by atoms with Crippen molar-refractivity contribution in [1.82, 2.24) is 5.32 Å². The summed E-state index contributed by atoms with van der Waals surface area (Å²) in [4.78, 5) is 26.5. The number of aliphatic hydroxyl groups is 1. The van der Waals surface area contributed by atoms with E-state index >= 15 is 0 Å². The van der Waals surface area contributed by atoms with Crippen LogP contribution in [0.3, 0.4) is 0 Å². The van der Waals surface area contributed by atoms with Gasteiger partial charge >= 0.3 is 0 Å². The van der Waals surface area contributed by atoms with Crippen LogP contribution in [0, 0.1) is 18.7 Å². The molecule has 2 amide bonds. The van der Waals surface area contributed by atoms with E-state index in [0.717, 1.165) is 11.3 Å². The largest absolute Gasteiger partial charge is 0.394 e. The average molecular weight is 391 g/mol. The Balaban J connectivity index is 1.69. The third-order valence-corrected chi connectivity index (χ3v) is 4.99. The molecular weight excluding hydrogens is 371 g/mol. The van der Waals surface area contributed by atoms with Gasteiger partial charge in [0.15, 0.2) is 0 Å². The topological polar surface area (TPSA) is 69.6 Å². The van der Waals surface area contributed by atoms with Crippen molar-refractivity contribution in [3.63, 3.8) is 0 Å². The second-order valence-corrected chi connectivity index (χ2v) is 7.07. The Hall–Kier alpha value is -2.44. The SMILES string of the molecule is Cc1ccc(N2C[C@@H](C(=O)N[C@H](CO)c3ccc(Cl)c(F)c3)CC2=O)cc1. The number of nitrogens with zero attached hydrogens (tertiary/aromatic N) is 1. The zero-order chi connectivity index (χ0) is 19.6. The van der Waals surface area contributed by atoms with Crippen LogP contribution in [0.2, 0.25) is 5.02 Å². The lowest BCUT2D eigenvalue weighted by Crippen LogP contribution is -2.37. The molecule has 0 bridgehead atoms. The number of hydrogen-bond donors (Lipinski definition) is 2. The molecule has 0 radical (unpaired) electrons. The molecule has 1 fully saturated rings. The van der Waals surface area contributed by atoms with Gasteiger partial charge in [0.1, 0.15) is 5.82 Å². The Morgan fingerprint density at radius 2 is 2.04 bits per heavy atom. The van der Waals surface area contributed by atoms with Crippen LogP contribution < -0.4 is 10.2 Å². The number of carbonyl (C=O) groups is 2. The smallest absolute Gasteiger partial charge is 0.227 e. The third-order valence-electron chi connectivity index (χ3n) is 4.69. The fraction of sp³-hybridized carbons (Fsp3) is 0.300. The van der Waals surface area contributed by atoms with Crippen molar-refractivity contribution in [3.05, 3.63) is 64.4 Å². The maximum atomic E-state index is 13.7. The maximum absolute atomic E-state index is 13.7. The minimum atomic E-state index is -0.771. The zero-order valence-electron chi connectivity index (χ0n) is 14.8. The van der Waals surface area contributed by atoms with Gasteiger partial charge in [-0.25, -0.2) is 4.39 Å². The highest BCUT2D eigenvalue weighted by Gasteiger charge is 2.35. The van der Waals surface area contributed by atoms with Gasteiger partial charge in [0.2, 0.25) is 11.8 Å². The summed E-state index contributed by atoms with van der Waals surface area (Å²) in [6, 6.07) is 10.8. The van der Waals surface area contributed by atoms with Gasteiger partial charge in [-0.2, -0.15) is 0 Å². The molecule has 5 nitrogen and oxygen atoms in total. The highest BCUT2D eigenvalue weighted by molar-refractivity contribution is 6.30. The summed E-state index contributed by atoms with van der Waals surface area (Å²) in [7, 11) is 0. The Kier molecular flexibility index (Phi) is 5.77. The molecule has 0 spiro atoms. The summed E-state index contributed by atoms with van der Waals surface area (Å²) in [5.74, 6) is -1.64. The molecule has 2 atom stereocenters. The molecule has 0 aliphatic carbocycles. The minimum Gasteiger partial charge on any atom is -0.394 e. The Morgan fingerprint density at radius 3 is 2.67 bits per heavy atom. The molecule has 2 aromatic carbocycles. The number of hydrogen-bond acceptors (Lipinski definition) is 3. The monoisotopic (exact) mass is 390 g/mol. The van der Waals surface area contributed by atoms with Crippen molar-refractivity contribution >= 4 is 29.1 Å². The molecule has 3 rings (SSSR count). The number of rotatable bonds is 5. The van der Waals surface area contributed by atoms with E-state index < -0.39 is 24.4 Å². The zero-order valence-corrected chi connectivity index (χ0v) is 15.5. The number of benzene rings is 2. The van der Waals surface area contributed by atoms with Crippen molar-refractivity contribution in [2.75, 3.05) is 18.1 Å². The van der Waals surface area contributed by atoms with E-state index in [-0.39, 0.29) is 29.8 Å². The van der Waals surface area contributed by atoms with Crippen LogP contribution in [-0.4, -0.2) is 30.1 Å². The fourth-order valence-corrected chi connectivity index (χ4v) is 3.23. The van der Waals surface area contributed by atoms with Gasteiger partial charge in [-0.05, 0) is 36.8 Å². The molecule has 1 saturated heterocycles. The summed E-state index contributed by atoms with van der Waals surface area (Å²) < 4.78 is 13.7. The minimum absolute atomic E-state index is 0.0307. The summed E-state index contributed by atoms with van der Waals surface area (Å²) >= 11 is 5.67. The standard InChI is InChI=1S/C20H20ClFN2O3/c1-12-2-5-15(6-3-12)24-10-14(9-19(24)26)20(27)23-18(11-25)13-4-7-16(21)17(22)8-13/h2-8,14,18,25H,9-11H2,1H3,(H,23,27)/t14-,18+/m0/s1. The van der Waals surface area contributed by atoms with Crippen molar-refractivity contribution < 1.29 is 19.1 Å². The van der Waals surface area contributed by atoms with Crippen molar-refractivity contribution in [2.24, 2.45) is 5.92 Å². The molecule has 1 heterocycles.